The number of fused-ring (bicyclic) bond motifs is 7. The summed E-state index contributed by atoms with van der Waals surface area (Å²) in [6.45, 7) is 14.1. The Bertz CT molecular complexity index is 2350. The fourth-order valence-corrected chi connectivity index (χ4v) is 9.42. The quantitative estimate of drug-likeness (QED) is 0.170. The number of benzene rings is 6. The van der Waals surface area contributed by atoms with Crippen LogP contribution in [0.2, 0.25) is 0 Å². The molecule has 0 N–H and O–H groups in total. The van der Waals surface area contributed by atoms with Crippen LogP contribution in [0.5, 0.6) is 0 Å². The Hall–Kier alpha value is -5.60. The standard InChI is InChI=1S/C51H48N2/c1-49(2)39-13-9-11-15-45(39)52(7)47-31-35(23-27-41(47)49)19-17-33-21-25-37-38-26-22-34(30-44(38)51(5,6)43(37)29-33)18-20-36-24-28-42-48(32-36)53(8)46-16-12-10-14-40(46)50(42,3)4/h9-32H,1-8H3/b19-17+,20-18+. The summed E-state index contributed by atoms with van der Waals surface area (Å²) in [4.78, 5) is 4.69. The van der Waals surface area contributed by atoms with Gasteiger partial charge in [-0.15, -0.1) is 0 Å². The van der Waals surface area contributed by atoms with Crippen LogP contribution < -0.4 is 9.80 Å². The molecule has 3 aliphatic rings. The molecule has 0 aromatic heterocycles. The maximum absolute atomic E-state index is 2.40. The number of anilines is 4. The zero-order valence-electron chi connectivity index (χ0n) is 32.3. The zero-order chi connectivity index (χ0) is 36.9. The second kappa shape index (κ2) is 11.7. The highest BCUT2D eigenvalue weighted by atomic mass is 15.1. The van der Waals surface area contributed by atoms with Crippen LogP contribution >= 0.6 is 0 Å². The predicted octanol–water partition coefficient (Wildman–Crippen LogP) is 13.1. The van der Waals surface area contributed by atoms with Crippen molar-refractivity contribution in [1.29, 1.82) is 0 Å². The van der Waals surface area contributed by atoms with Gasteiger partial charge in [0.25, 0.3) is 0 Å². The van der Waals surface area contributed by atoms with E-state index in [4.69, 9.17) is 0 Å². The topological polar surface area (TPSA) is 6.48 Å². The molecule has 53 heavy (non-hydrogen) atoms. The molecular weight excluding hydrogens is 641 g/mol. The third kappa shape index (κ3) is 5.06. The van der Waals surface area contributed by atoms with Gasteiger partial charge in [-0.1, -0.05) is 163 Å². The van der Waals surface area contributed by atoms with Gasteiger partial charge in [0.2, 0.25) is 0 Å². The predicted molar refractivity (Wildman–Crippen MR) is 228 cm³/mol. The van der Waals surface area contributed by atoms with E-state index in [1.807, 2.05) is 0 Å². The summed E-state index contributed by atoms with van der Waals surface area (Å²) in [6, 6.07) is 45.4. The minimum atomic E-state index is -0.0978. The Morgan fingerprint density at radius 3 is 1.08 bits per heavy atom. The lowest BCUT2D eigenvalue weighted by Gasteiger charge is -2.40. The first kappa shape index (κ1) is 33.3. The lowest BCUT2D eigenvalue weighted by atomic mass is 9.73. The van der Waals surface area contributed by atoms with E-state index < -0.39 is 0 Å². The first-order valence-electron chi connectivity index (χ1n) is 19.0. The molecule has 9 rings (SSSR count). The average molecular weight is 689 g/mol. The number of hydrogen-bond acceptors (Lipinski definition) is 2. The third-order valence-electron chi connectivity index (χ3n) is 12.7. The van der Waals surface area contributed by atoms with Crippen LogP contribution in [-0.2, 0) is 16.2 Å². The van der Waals surface area contributed by atoms with Crippen molar-refractivity contribution >= 4 is 47.1 Å². The van der Waals surface area contributed by atoms with Crippen LogP contribution in [0.25, 0.3) is 35.4 Å². The lowest BCUT2D eigenvalue weighted by Crippen LogP contribution is -2.30. The maximum Gasteiger partial charge on any atom is 0.0455 e. The molecule has 0 amide bonds. The first-order valence-corrected chi connectivity index (χ1v) is 19.0. The molecule has 1 aliphatic carbocycles. The average Bonchev–Trinajstić information content (AvgIpc) is 3.39. The smallest absolute Gasteiger partial charge is 0.0455 e. The Kier molecular flexibility index (Phi) is 7.34. The van der Waals surface area contributed by atoms with Gasteiger partial charge in [-0.3, -0.25) is 0 Å². The van der Waals surface area contributed by atoms with Gasteiger partial charge in [-0.25, -0.2) is 0 Å². The van der Waals surface area contributed by atoms with E-state index in [1.54, 1.807) is 0 Å². The fraction of sp³-hybridized carbons (Fsp3) is 0.216. The minimum absolute atomic E-state index is 0.0417. The summed E-state index contributed by atoms with van der Waals surface area (Å²) in [5.74, 6) is 0. The molecule has 0 unspecified atom stereocenters. The van der Waals surface area contributed by atoms with Gasteiger partial charge >= 0.3 is 0 Å². The van der Waals surface area contributed by atoms with Gasteiger partial charge in [0.05, 0.1) is 0 Å². The molecule has 2 aliphatic heterocycles. The molecule has 2 heterocycles. The molecule has 6 aromatic carbocycles. The summed E-state index contributed by atoms with van der Waals surface area (Å²) >= 11 is 0. The van der Waals surface area contributed by atoms with Crippen molar-refractivity contribution in [3.05, 3.63) is 177 Å². The summed E-state index contributed by atoms with van der Waals surface area (Å²) in [7, 11) is 4.38. The first-order chi connectivity index (χ1) is 25.4. The third-order valence-corrected chi connectivity index (χ3v) is 12.7. The van der Waals surface area contributed by atoms with Gasteiger partial charge in [0.15, 0.2) is 0 Å². The Morgan fingerprint density at radius 2 is 0.660 bits per heavy atom. The van der Waals surface area contributed by atoms with Gasteiger partial charge in [0, 0.05) is 53.1 Å². The number of rotatable bonds is 4. The van der Waals surface area contributed by atoms with Crippen molar-refractivity contribution in [3.63, 3.8) is 0 Å². The van der Waals surface area contributed by atoms with E-state index in [0.29, 0.717) is 0 Å². The van der Waals surface area contributed by atoms with E-state index in [1.165, 1.54) is 89.5 Å². The molecule has 2 heteroatoms. The van der Waals surface area contributed by atoms with Crippen molar-refractivity contribution < 1.29 is 0 Å². The Labute approximate surface area is 315 Å². The van der Waals surface area contributed by atoms with Crippen molar-refractivity contribution in [3.8, 4) is 11.1 Å². The van der Waals surface area contributed by atoms with E-state index >= 15 is 0 Å². The molecule has 0 saturated heterocycles. The highest BCUT2D eigenvalue weighted by Crippen LogP contribution is 2.51. The van der Waals surface area contributed by atoms with Crippen molar-refractivity contribution in [2.75, 3.05) is 23.9 Å². The van der Waals surface area contributed by atoms with Crippen LogP contribution in [0.4, 0.5) is 22.7 Å². The number of hydrogen-bond donors (Lipinski definition) is 0. The molecule has 0 fully saturated rings. The maximum atomic E-state index is 2.40. The Morgan fingerprint density at radius 1 is 0.340 bits per heavy atom. The molecule has 0 atom stereocenters. The van der Waals surface area contributed by atoms with Gasteiger partial charge in [0.1, 0.15) is 0 Å². The second-order valence-corrected chi connectivity index (χ2v) is 16.9. The minimum Gasteiger partial charge on any atom is -0.344 e. The van der Waals surface area contributed by atoms with Crippen molar-refractivity contribution in [2.24, 2.45) is 0 Å². The molecule has 0 saturated carbocycles. The van der Waals surface area contributed by atoms with Gasteiger partial charge in [-0.2, -0.15) is 0 Å². The van der Waals surface area contributed by atoms with E-state index in [2.05, 4.69) is 211 Å². The molecule has 0 bridgehead atoms. The molecule has 0 radical (unpaired) electrons. The van der Waals surface area contributed by atoms with Crippen molar-refractivity contribution in [2.45, 2.75) is 57.8 Å². The monoisotopic (exact) mass is 688 g/mol. The molecule has 6 aromatic rings. The van der Waals surface area contributed by atoms with E-state index in [9.17, 15) is 0 Å². The van der Waals surface area contributed by atoms with Crippen LogP contribution in [0, 0.1) is 0 Å². The van der Waals surface area contributed by atoms with Crippen LogP contribution in [0.1, 0.15) is 97.2 Å². The SMILES string of the molecule is CN1c2ccccc2C(C)(C)c2ccc(/C=C/c3ccc4c(c3)C(C)(C)c3cc(/C=C/c5ccc6c(c5)N(C)c5ccccc5C6(C)C)ccc3-4)cc21. The summed E-state index contributed by atoms with van der Waals surface area (Å²) in [6.07, 6.45) is 9.07. The summed E-state index contributed by atoms with van der Waals surface area (Å²) < 4.78 is 0. The molecule has 262 valence electrons. The normalized spacial score (nSPS) is 16.9. The summed E-state index contributed by atoms with van der Waals surface area (Å²) in [5, 5.41) is 0. The van der Waals surface area contributed by atoms with Gasteiger partial charge < -0.3 is 9.80 Å². The van der Waals surface area contributed by atoms with Crippen LogP contribution in [0.15, 0.2) is 121 Å². The lowest BCUT2D eigenvalue weighted by molar-refractivity contribution is 0.629. The van der Waals surface area contributed by atoms with Gasteiger partial charge in [-0.05, 0) is 91.0 Å². The number of nitrogens with zero attached hydrogens (tertiary/aromatic N) is 2. The summed E-state index contributed by atoms with van der Waals surface area (Å²) in [5.41, 5.74) is 20.8. The second-order valence-electron chi connectivity index (χ2n) is 16.9. The molecule has 0 spiro atoms. The largest absolute Gasteiger partial charge is 0.344 e. The zero-order valence-corrected chi connectivity index (χ0v) is 32.3. The molecule has 2 nitrogen and oxygen atoms in total. The highest BCUT2D eigenvalue weighted by molar-refractivity contribution is 5.86. The highest BCUT2D eigenvalue weighted by Gasteiger charge is 2.37. The van der Waals surface area contributed by atoms with Crippen LogP contribution in [0.3, 0.4) is 0 Å². The van der Waals surface area contributed by atoms with E-state index in [0.717, 1.165) is 0 Å². The van der Waals surface area contributed by atoms with Crippen LogP contribution in [-0.4, -0.2) is 14.1 Å². The number of para-hydroxylation sites is 2. The van der Waals surface area contributed by atoms with E-state index in [-0.39, 0.29) is 16.2 Å². The fourth-order valence-electron chi connectivity index (χ4n) is 9.42. The Balaban J connectivity index is 0.970. The van der Waals surface area contributed by atoms with Crippen molar-refractivity contribution in [1.82, 2.24) is 0 Å². The molecular formula is C51H48N2.